The van der Waals surface area contributed by atoms with Crippen molar-refractivity contribution in [3.8, 4) is 11.5 Å². The topological polar surface area (TPSA) is 30.5 Å². The van der Waals surface area contributed by atoms with Gasteiger partial charge in [-0.05, 0) is 63.8 Å². The van der Waals surface area contributed by atoms with Crippen molar-refractivity contribution in [1.29, 1.82) is 0 Å². The van der Waals surface area contributed by atoms with E-state index in [4.69, 9.17) is 9.47 Å². The van der Waals surface area contributed by atoms with E-state index >= 15 is 0 Å². The van der Waals surface area contributed by atoms with Crippen LogP contribution in [0.15, 0.2) is 21.1 Å². The van der Waals surface area contributed by atoms with Crippen molar-refractivity contribution in [1.82, 2.24) is 5.32 Å². The molecule has 3 nitrogen and oxygen atoms in total. The lowest BCUT2D eigenvalue weighted by Gasteiger charge is -2.25. The highest BCUT2D eigenvalue weighted by atomic mass is 79.9. The van der Waals surface area contributed by atoms with Crippen LogP contribution in [0, 0.1) is 0 Å². The quantitative estimate of drug-likeness (QED) is 0.709. The zero-order valence-electron chi connectivity index (χ0n) is 12.6. The first kappa shape index (κ1) is 17.1. The molecule has 1 fully saturated rings. The lowest BCUT2D eigenvalue weighted by molar-refractivity contribution is 0.204. The number of rotatable bonds is 6. The maximum absolute atomic E-state index is 6.02. The summed E-state index contributed by atoms with van der Waals surface area (Å²) in [6, 6.07) is 4.52. The molecule has 1 aromatic rings. The molecule has 2 rings (SSSR count). The van der Waals surface area contributed by atoms with Crippen molar-refractivity contribution in [3.63, 3.8) is 0 Å². The van der Waals surface area contributed by atoms with E-state index in [-0.39, 0.29) is 6.10 Å². The Balaban J connectivity index is 1.87. The van der Waals surface area contributed by atoms with Gasteiger partial charge in [0.05, 0.1) is 16.1 Å². The SMILES string of the molecule is COc1cc(Br)c(OC(C)CNC2CCCCC2)cc1Br. The number of benzene rings is 1. The van der Waals surface area contributed by atoms with Gasteiger partial charge in [-0.3, -0.25) is 0 Å². The highest BCUT2D eigenvalue weighted by Crippen LogP contribution is 2.36. The molecule has 0 amide bonds. The van der Waals surface area contributed by atoms with Gasteiger partial charge in [-0.25, -0.2) is 0 Å². The highest BCUT2D eigenvalue weighted by molar-refractivity contribution is 9.11. The third-order valence-corrected chi connectivity index (χ3v) is 5.07. The molecule has 0 aliphatic heterocycles. The zero-order valence-corrected chi connectivity index (χ0v) is 15.8. The molecule has 0 saturated heterocycles. The van der Waals surface area contributed by atoms with Gasteiger partial charge in [-0.2, -0.15) is 0 Å². The van der Waals surface area contributed by atoms with E-state index in [2.05, 4.69) is 44.1 Å². The molecule has 1 N–H and O–H groups in total. The van der Waals surface area contributed by atoms with E-state index in [1.54, 1.807) is 7.11 Å². The van der Waals surface area contributed by atoms with Crippen molar-refractivity contribution in [2.45, 2.75) is 51.2 Å². The number of ether oxygens (including phenoxy) is 2. The highest BCUT2D eigenvalue weighted by Gasteiger charge is 2.15. The summed E-state index contributed by atoms with van der Waals surface area (Å²) >= 11 is 7.02. The van der Waals surface area contributed by atoms with Crippen LogP contribution in [-0.2, 0) is 0 Å². The van der Waals surface area contributed by atoms with Crippen molar-refractivity contribution < 1.29 is 9.47 Å². The Morgan fingerprint density at radius 3 is 2.43 bits per heavy atom. The van der Waals surface area contributed by atoms with Crippen LogP contribution < -0.4 is 14.8 Å². The molecule has 1 unspecified atom stereocenters. The molecule has 118 valence electrons. The summed E-state index contributed by atoms with van der Waals surface area (Å²) in [6.07, 6.45) is 6.81. The molecule has 0 spiro atoms. The van der Waals surface area contributed by atoms with Crippen LogP contribution in [0.3, 0.4) is 0 Å². The number of hydrogen-bond donors (Lipinski definition) is 1. The summed E-state index contributed by atoms with van der Waals surface area (Å²) in [5, 5.41) is 3.62. The van der Waals surface area contributed by atoms with Crippen molar-refractivity contribution in [2.75, 3.05) is 13.7 Å². The molecule has 0 aromatic heterocycles. The standard InChI is InChI=1S/C16H23Br2NO2/c1-11(10-19-12-6-4-3-5-7-12)21-16-9-13(17)15(20-2)8-14(16)18/h8-9,11-12,19H,3-7,10H2,1-2H3. The van der Waals surface area contributed by atoms with Gasteiger partial charge in [0.2, 0.25) is 0 Å². The first-order valence-electron chi connectivity index (χ1n) is 7.53. The van der Waals surface area contributed by atoms with Crippen LogP contribution in [0.1, 0.15) is 39.0 Å². The van der Waals surface area contributed by atoms with Crippen LogP contribution in [0.25, 0.3) is 0 Å². The Kier molecular flexibility index (Phi) is 6.83. The molecule has 0 radical (unpaired) electrons. The minimum absolute atomic E-state index is 0.128. The average molecular weight is 421 g/mol. The molecule has 0 heterocycles. The van der Waals surface area contributed by atoms with Crippen LogP contribution >= 0.6 is 31.9 Å². The second-order valence-electron chi connectivity index (χ2n) is 5.59. The Morgan fingerprint density at radius 2 is 1.76 bits per heavy atom. The molecule has 1 atom stereocenters. The van der Waals surface area contributed by atoms with Crippen molar-refractivity contribution in [3.05, 3.63) is 21.1 Å². The Labute approximate surface area is 144 Å². The maximum atomic E-state index is 6.02. The lowest BCUT2D eigenvalue weighted by atomic mass is 9.95. The molecule has 1 aliphatic rings. The van der Waals surface area contributed by atoms with E-state index in [0.29, 0.717) is 6.04 Å². The van der Waals surface area contributed by atoms with Crippen LogP contribution in [0.2, 0.25) is 0 Å². The van der Waals surface area contributed by atoms with Gasteiger partial charge < -0.3 is 14.8 Å². The average Bonchev–Trinajstić information content (AvgIpc) is 2.49. The van der Waals surface area contributed by atoms with Crippen LogP contribution in [0.5, 0.6) is 11.5 Å². The fourth-order valence-corrected chi connectivity index (χ4v) is 3.55. The van der Waals surface area contributed by atoms with E-state index in [1.165, 1.54) is 32.1 Å². The minimum Gasteiger partial charge on any atom is -0.496 e. The summed E-state index contributed by atoms with van der Waals surface area (Å²) in [4.78, 5) is 0. The van der Waals surface area contributed by atoms with E-state index in [0.717, 1.165) is 27.0 Å². The van der Waals surface area contributed by atoms with Gasteiger partial charge in [-0.1, -0.05) is 19.3 Å². The molecule has 5 heteroatoms. The van der Waals surface area contributed by atoms with Gasteiger partial charge in [0.25, 0.3) is 0 Å². The Morgan fingerprint density at radius 1 is 1.14 bits per heavy atom. The van der Waals surface area contributed by atoms with E-state index in [1.807, 2.05) is 12.1 Å². The molecule has 1 saturated carbocycles. The lowest BCUT2D eigenvalue weighted by Crippen LogP contribution is -2.37. The van der Waals surface area contributed by atoms with Crippen LogP contribution in [0.4, 0.5) is 0 Å². The molecular formula is C16H23Br2NO2. The van der Waals surface area contributed by atoms with E-state index < -0.39 is 0 Å². The van der Waals surface area contributed by atoms with Crippen LogP contribution in [-0.4, -0.2) is 25.8 Å². The summed E-state index contributed by atoms with van der Waals surface area (Å²) < 4.78 is 13.1. The summed E-state index contributed by atoms with van der Waals surface area (Å²) in [6.45, 7) is 2.97. The van der Waals surface area contributed by atoms with Gasteiger partial charge in [0.15, 0.2) is 0 Å². The smallest absolute Gasteiger partial charge is 0.135 e. The second kappa shape index (κ2) is 8.39. The fraction of sp³-hybridized carbons (Fsp3) is 0.625. The normalized spacial score (nSPS) is 17.5. The van der Waals surface area contributed by atoms with Crippen molar-refractivity contribution >= 4 is 31.9 Å². The number of nitrogens with one attached hydrogen (secondary N) is 1. The molecular weight excluding hydrogens is 398 g/mol. The third-order valence-electron chi connectivity index (χ3n) is 3.83. The number of methoxy groups -OCH3 is 1. The predicted molar refractivity (Wildman–Crippen MR) is 93.4 cm³/mol. The van der Waals surface area contributed by atoms with E-state index in [9.17, 15) is 0 Å². The number of hydrogen-bond acceptors (Lipinski definition) is 3. The Bertz CT molecular complexity index is 462. The summed E-state index contributed by atoms with van der Waals surface area (Å²) in [5.41, 5.74) is 0. The largest absolute Gasteiger partial charge is 0.496 e. The first-order chi connectivity index (χ1) is 10.1. The predicted octanol–water partition coefficient (Wildman–Crippen LogP) is 4.91. The van der Waals surface area contributed by atoms with Crippen molar-refractivity contribution in [2.24, 2.45) is 0 Å². The second-order valence-corrected chi connectivity index (χ2v) is 7.30. The molecule has 1 aliphatic carbocycles. The third kappa shape index (κ3) is 5.15. The zero-order chi connectivity index (χ0) is 15.2. The monoisotopic (exact) mass is 419 g/mol. The van der Waals surface area contributed by atoms with Gasteiger partial charge in [-0.15, -0.1) is 0 Å². The molecule has 0 bridgehead atoms. The maximum Gasteiger partial charge on any atom is 0.135 e. The van der Waals surface area contributed by atoms with Gasteiger partial charge in [0.1, 0.15) is 17.6 Å². The fourth-order valence-electron chi connectivity index (χ4n) is 2.65. The molecule has 21 heavy (non-hydrogen) atoms. The van der Waals surface area contributed by atoms with Gasteiger partial charge >= 0.3 is 0 Å². The minimum atomic E-state index is 0.128. The number of halogens is 2. The summed E-state index contributed by atoms with van der Waals surface area (Å²) in [5.74, 6) is 1.63. The molecule has 1 aromatic carbocycles. The Hall–Kier alpha value is -0.260. The summed E-state index contributed by atoms with van der Waals surface area (Å²) in [7, 11) is 1.66. The van der Waals surface area contributed by atoms with Gasteiger partial charge in [0, 0.05) is 12.6 Å². The first-order valence-corrected chi connectivity index (χ1v) is 9.12.